The SMILES string of the molecule is Cn1c2ccccc2c2ccc(-c3cccc4c(-c5cccc6c5C(c5ccccc5)(c5ccccc5)c5ccccc5-6)c5cccc(-c6ccc7c8ccccc8n(C)c7c6)c5cc34)cc21. The molecule has 0 fully saturated rings. The molecular formula is C65H44N2. The van der Waals surface area contributed by atoms with Crippen LogP contribution in [0.4, 0.5) is 0 Å². The fraction of sp³-hybridized carbons (Fsp3) is 0.0462. The first-order valence-corrected chi connectivity index (χ1v) is 23.4. The zero-order valence-corrected chi connectivity index (χ0v) is 37.3. The number of aromatic nitrogens is 2. The second-order valence-corrected chi connectivity index (χ2v) is 18.4. The van der Waals surface area contributed by atoms with Crippen LogP contribution in [-0.4, -0.2) is 9.13 Å². The van der Waals surface area contributed by atoms with E-state index in [0.717, 1.165) is 0 Å². The Morgan fingerprint density at radius 2 is 0.701 bits per heavy atom. The Morgan fingerprint density at radius 3 is 1.27 bits per heavy atom. The summed E-state index contributed by atoms with van der Waals surface area (Å²) in [6.07, 6.45) is 0. The normalized spacial score (nSPS) is 13.0. The van der Waals surface area contributed by atoms with Crippen LogP contribution in [0.5, 0.6) is 0 Å². The third-order valence-electron chi connectivity index (χ3n) is 15.2. The van der Waals surface area contributed by atoms with Crippen molar-refractivity contribution in [3.8, 4) is 44.5 Å². The van der Waals surface area contributed by atoms with E-state index in [1.54, 1.807) is 0 Å². The Balaban J connectivity index is 1.12. The van der Waals surface area contributed by atoms with Crippen molar-refractivity contribution in [3.05, 3.63) is 253 Å². The van der Waals surface area contributed by atoms with Crippen molar-refractivity contribution >= 4 is 65.2 Å². The molecule has 1 aliphatic rings. The van der Waals surface area contributed by atoms with Crippen molar-refractivity contribution in [1.82, 2.24) is 9.13 Å². The van der Waals surface area contributed by atoms with Gasteiger partial charge in [-0.3, -0.25) is 0 Å². The smallest absolute Gasteiger partial charge is 0.0719 e. The van der Waals surface area contributed by atoms with E-state index in [2.05, 4.69) is 254 Å². The van der Waals surface area contributed by atoms with Gasteiger partial charge in [0.1, 0.15) is 0 Å². The molecule has 0 saturated heterocycles. The summed E-state index contributed by atoms with van der Waals surface area (Å²) >= 11 is 0. The van der Waals surface area contributed by atoms with E-state index in [9.17, 15) is 0 Å². The number of nitrogens with zero attached hydrogens (tertiary/aromatic N) is 2. The summed E-state index contributed by atoms with van der Waals surface area (Å²) in [5.41, 5.74) is 19.5. The molecule has 2 heterocycles. The highest BCUT2D eigenvalue weighted by molar-refractivity contribution is 6.21. The van der Waals surface area contributed by atoms with E-state index in [1.165, 1.54) is 132 Å². The quantitative estimate of drug-likeness (QED) is 0.153. The summed E-state index contributed by atoms with van der Waals surface area (Å²) in [5, 5.41) is 10.1. The van der Waals surface area contributed by atoms with Crippen molar-refractivity contribution in [2.24, 2.45) is 14.1 Å². The van der Waals surface area contributed by atoms with Gasteiger partial charge < -0.3 is 9.13 Å². The molecule has 0 unspecified atom stereocenters. The minimum absolute atomic E-state index is 0.575. The molecule has 1 aliphatic carbocycles. The third kappa shape index (κ3) is 5.21. The van der Waals surface area contributed by atoms with Gasteiger partial charge in [0.25, 0.3) is 0 Å². The van der Waals surface area contributed by atoms with Crippen LogP contribution in [0.2, 0.25) is 0 Å². The van der Waals surface area contributed by atoms with Crippen molar-refractivity contribution in [2.75, 3.05) is 0 Å². The molecule has 0 saturated carbocycles. The Hall–Kier alpha value is -8.46. The van der Waals surface area contributed by atoms with Crippen LogP contribution in [0, 0.1) is 0 Å². The second-order valence-electron chi connectivity index (χ2n) is 18.4. The lowest BCUT2D eigenvalue weighted by molar-refractivity contribution is 0.770. The largest absolute Gasteiger partial charge is 0.344 e. The zero-order valence-electron chi connectivity index (χ0n) is 37.3. The topological polar surface area (TPSA) is 9.86 Å². The fourth-order valence-corrected chi connectivity index (χ4v) is 12.3. The van der Waals surface area contributed by atoms with Gasteiger partial charge in [-0.25, -0.2) is 0 Å². The minimum Gasteiger partial charge on any atom is -0.344 e. The van der Waals surface area contributed by atoms with Crippen molar-refractivity contribution < 1.29 is 0 Å². The van der Waals surface area contributed by atoms with Gasteiger partial charge in [-0.05, 0) is 119 Å². The summed E-state index contributed by atoms with van der Waals surface area (Å²) in [6.45, 7) is 0. The van der Waals surface area contributed by atoms with Gasteiger partial charge in [0, 0.05) is 57.7 Å². The fourth-order valence-electron chi connectivity index (χ4n) is 12.3. The Labute approximate surface area is 389 Å². The van der Waals surface area contributed by atoms with Crippen LogP contribution in [0.25, 0.3) is 110 Å². The van der Waals surface area contributed by atoms with E-state index in [-0.39, 0.29) is 0 Å². The molecular weight excluding hydrogens is 809 g/mol. The van der Waals surface area contributed by atoms with Crippen LogP contribution in [0.3, 0.4) is 0 Å². The molecule has 0 N–H and O–H groups in total. The monoisotopic (exact) mass is 852 g/mol. The maximum Gasteiger partial charge on any atom is 0.0719 e. The molecule has 11 aromatic carbocycles. The first-order valence-electron chi connectivity index (χ1n) is 23.4. The summed E-state index contributed by atoms with van der Waals surface area (Å²) in [6, 6.07) is 86.6. The van der Waals surface area contributed by atoms with Gasteiger partial charge in [0.15, 0.2) is 0 Å². The lowest BCUT2D eigenvalue weighted by atomic mass is 9.65. The summed E-state index contributed by atoms with van der Waals surface area (Å²) < 4.78 is 4.69. The number of hydrogen-bond acceptors (Lipinski definition) is 0. The highest BCUT2D eigenvalue weighted by Gasteiger charge is 2.47. The van der Waals surface area contributed by atoms with E-state index in [4.69, 9.17) is 0 Å². The molecule has 0 aliphatic heterocycles. The van der Waals surface area contributed by atoms with Gasteiger partial charge in [-0.2, -0.15) is 0 Å². The van der Waals surface area contributed by atoms with Gasteiger partial charge in [0.2, 0.25) is 0 Å². The highest BCUT2D eigenvalue weighted by Crippen LogP contribution is 2.60. The molecule has 0 amide bonds. The minimum atomic E-state index is -0.575. The van der Waals surface area contributed by atoms with E-state index in [0.29, 0.717) is 0 Å². The molecule has 0 spiro atoms. The number of rotatable bonds is 5. The maximum atomic E-state index is 2.50. The van der Waals surface area contributed by atoms with Crippen LogP contribution in [0.1, 0.15) is 22.3 Å². The zero-order chi connectivity index (χ0) is 44.4. The molecule has 14 rings (SSSR count). The first-order chi connectivity index (χ1) is 33.1. The van der Waals surface area contributed by atoms with E-state index < -0.39 is 5.41 Å². The van der Waals surface area contributed by atoms with Crippen LogP contribution in [-0.2, 0) is 19.5 Å². The number of hydrogen-bond donors (Lipinski definition) is 0. The Bertz CT molecular complexity index is 3950. The average Bonchev–Trinajstić information content (AvgIpc) is 3.98. The van der Waals surface area contributed by atoms with Crippen LogP contribution in [0.15, 0.2) is 231 Å². The third-order valence-corrected chi connectivity index (χ3v) is 15.2. The van der Waals surface area contributed by atoms with E-state index >= 15 is 0 Å². The van der Waals surface area contributed by atoms with Gasteiger partial charge in [-0.1, -0.05) is 200 Å². The summed E-state index contributed by atoms with van der Waals surface area (Å²) in [4.78, 5) is 0. The molecule has 67 heavy (non-hydrogen) atoms. The average molecular weight is 853 g/mol. The molecule has 2 aromatic heterocycles. The number of benzene rings is 11. The number of para-hydroxylation sites is 2. The van der Waals surface area contributed by atoms with E-state index in [1.807, 2.05) is 0 Å². The molecule has 0 atom stereocenters. The van der Waals surface area contributed by atoms with Crippen LogP contribution < -0.4 is 0 Å². The lowest BCUT2D eigenvalue weighted by Crippen LogP contribution is -2.29. The highest BCUT2D eigenvalue weighted by atomic mass is 14.9. The summed E-state index contributed by atoms with van der Waals surface area (Å²) in [7, 11) is 4.39. The lowest BCUT2D eigenvalue weighted by Gasteiger charge is -2.35. The molecule has 314 valence electrons. The van der Waals surface area contributed by atoms with Gasteiger partial charge >= 0.3 is 0 Å². The predicted molar refractivity (Wildman–Crippen MR) is 283 cm³/mol. The molecule has 0 radical (unpaired) electrons. The second kappa shape index (κ2) is 14.3. The van der Waals surface area contributed by atoms with Crippen LogP contribution >= 0.6 is 0 Å². The van der Waals surface area contributed by atoms with Crippen molar-refractivity contribution in [1.29, 1.82) is 0 Å². The molecule has 0 bridgehead atoms. The molecule has 13 aromatic rings. The van der Waals surface area contributed by atoms with Gasteiger partial charge in [-0.15, -0.1) is 0 Å². The Morgan fingerprint density at radius 1 is 0.284 bits per heavy atom. The number of fused-ring (bicyclic) bond motifs is 11. The molecule has 2 nitrogen and oxygen atoms in total. The maximum absolute atomic E-state index is 2.50. The molecule has 2 heteroatoms. The van der Waals surface area contributed by atoms with Crippen molar-refractivity contribution in [2.45, 2.75) is 5.41 Å². The first kappa shape index (κ1) is 37.9. The predicted octanol–water partition coefficient (Wildman–Crippen LogP) is 16.6. The van der Waals surface area contributed by atoms with Gasteiger partial charge in [0.05, 0.1) is 5.41 Å². The Kier molecular flexibility index (Phi) is 8.06. The standard InChI is InChI=1S/C65H44N2/c1-66-59-32-13-10-23-48(59)50-36-34-41(38-61(50)66)45-25-15-27-52-56(45)40-57-46(42-35-37-51-49-24-11-14-33-60(49)67(2)62(51)39-42)26-16-28-53(57)63(52)55-30-17-29-54-47-22-9-12-31-58(47)65(64(54)55,43-18-5-3-6-19-43)44-20-7-4-8-21-44/h3-40H,1-2H3. The number of aryl methyl sites for hydroxylation is 2. The summed E-state index contributed by atoms with van der Waals surface area (Å²) in [5.74, 6) is 0. The van der Waals surface area contributed by atoms with Crippen molar-refractivity contribution in [3.63, 3.8) is 0 Å².